The minimum atomic E-state index is -0.0458. The quantitative estimate of drug-likeness (QED) is 0.659. The summed E-state index contributed by atoms with van der Waals surface area (Å²) < 4.78 is 7.35. The van der Waals surface area contributed by atoms with E-state index in [1.165, 1.54) is 12.5 Å². The Kier molecular flexibility index (Phi) is 5.71. The van der Waals surface area contributed by atoms with Gasteiger partial charge in [0.2, 0.25) is 5.91 Å². The van der Waals surface area contributed by atoms with Crippen molar-refractivity contribution in [1.29, 1.82) is 0 Å². The van der Waals surface area contributed by atoms with Gasteiger partial charge in [0, 0.05) is 50.4 Å². The lowest BCUT2D eigenvalue weighted by Crippen LogP contribution is -2.25. The summed E-state index contributed by atoms with van der Waals surface area (Å²) in [4.78, 5) is 22.6. The van der Waals surface area contributed by atoms with Crippen LogP contribution in [0.25, 0.3) is 11.2 Å². The molecule has 8 nitrogen and oxygen atoms in total. The number of carbonyl (C=O) groups is 1. The molecule has 3 aromatic rings. The lowest BCUT2D eigenvalue weighted by atomic mass is 10.0. The zero-order valence-corrected chi connectivity index (χ0v) is 16.8. The minimum absolute atomic E-state index is 0.0458. The Labute approximate surface area is 169 Å². The SMILES string of the molecule is COc1ccccc1CN1CCC(c2nn(CCNC(C)=O)c3nccnc23)C1. The van der Waals surface area contributed by atoms with Crippen LogP contribution in [0.4, 0.5) is 0 Å². The molecule has 1 saturated heterocycles. The Hall–Kier alpha value is -3.00. The molecular formula is C21H26N6O2. The number of hydrogen-bond donors (Lipinski definition) is 1. The number of aromatic nitrogens is 4. The maximum absolute atomic E-state index is 11.2. The highest BCUT2D eigenvalue weighted by atomic mass is 16.5. The summed E-state index contributed by atoms with van der Waals surface area (Å²) in [6, 6.07) is 8.16. The number of para-hydroxylation sites is 1. The van der Waals surface area contributed by atoms with E-state index in [2.05, 4.69) is 26.3 Å². The van der Waals surface area contributed by atoms with Crippen LogP contribution in [-0.4, -0.2) is 57.3 Å². The number of carbonyl (C=O) groups excluding carboxylic acids is 1. The lowest BCUT2D eigenvalue weighted by molar-refractivity contribution is -0.118. The second-order valence-corrected chi connectivity index (χ2v) is 7.35. The molecule has 0 saturated carbocycles. The van der Waals surface area contributed by atoms with Crippen molar-refractivity contribution in [3.63, 3.8) is 0 Å². The van der Waals surface area contributed by atoms with Gasteiger partial charge < -0.3 is 10.1 Å². The molecule has 0 aliphatic carbocycles. The number of methoxy groups -OCH3 is 1. The summed E-state index contributed by atoms with van der Waals surface area (Å²) in [6.07, 6.45) is 4.43. The fourth-order valence-electron chi connectivity index (χ4n) is 3.97. The third-order valence-electron chi connectivity index (χ3n) is 5.34. The van der Waals surface area contributed by atoms with Crippen molar-refractivity contribution in [3.8, 4) is 5.75 Å². The number of hydrogen-bond acceptors (Lipinski definition) is 6. The molecule has 3 heterocycles. The molecule has 0 radical (unpaired) electrons. The molecule has 1 N–H and O–H groups in total. The van der Waals surface area contributed by atoms with Gasteiger partial charge in [0.25, 0.3) is 0 Å². The average Bonchev–Trinajstić information content (AvgIpc) is 3.33. The molecule has 8 heteroatoms. The zero-order chi connectivity index (χ0) is 20.2. The van der Waals surface area contributed by atoms with Gasteiger partial charge in [-0.2, -0.15) is 5.10 Å². The summed E-state index contributed by atoms with van der Waals surface area (Å²) in [6.45, 7) is 5.39. The molecule has 0 spiro atoms. The number of ether oxygens (including phenoxy) is 1. The fraction of sp³-hybridized carbons (Fsp3) is 0.429. The Balaban J connectivity index is 1.51. The lowest BCUT2D eigenvalue weighted by Gasteiger charge is -2.17. The summed E-state index contributed by atoms with van der Waals surface area (Å²) in [5.41, 5.74) is 3.83. The molecule has 1 amide bonds. The zero-order valence-electron chi connectivity index (χ0n) is 16.8. The largest absolute Gasteiger partial charge is 0.496 e. The first-order chi connectivity index (χ1) is 14.2. The van der Waals surface area contributed by atoms with E-state index in [1.54, 1.807) is 19.5 Å². The Morgan fingerprint density at radius 1 is 1.28 bits per heavy atom. The van der Waals surface area contributed by atoms with Gasteiger partial charge in [-0.05, 0) is 19.0 Å². The number of amides is 1. The van der Waals surface area contributed by atoms with Gasteiger partial charge in [0.1, 0.15) is 11.3 Å². The third-order valence-corrected chi connectivity index (χ3v) is 5.34. The Morgan fingerprint density at radius 3 is 2.93 bits per heavy atom. The van der Waals surface area contributed by atoms with Crippen molar-refractivity contribution in [2.75, 3.05) is 26.7 Å². The highest BCUT2D eigenvalue weighted by Gasteiger charge is 2.29. The summed E-state index contributed by atoms with van der Waals surface area (Å²) in [5.74, 6) is 1.19. The monoisotopic (exact) mass is 394 g/mol. The van der Waals surface area contributed by atoms with Gasteiger partial charge >= 0.3 is 0 Å². The number of fused-ring (bicyclic) bond motifs is 1. The number of rotatable bonds is 7. The van der Waals surface area contributed by atoms with E-state index in [4.69, 9.17) is 9.84 Å². The Bertz CT molecular complexity index is 1000. The summed E-state index contributed by atoms with van der Waals surface area (Å²) in [7, 11) is 1.71. The van der Waals surface area contributed by atoms with Crippen LogP contribution >= 0.6 is 0 Å². The van der Waals surface area contributed by atoms with Crippen LogP contribution in [0.3, 0.4) is 0 Å². The van der Waals surface area contributed by atoms with Crippen LogP contribution in [0.1, 0.15) is 30.5 Å². The van der Waals surface area contributed by atoms with Crippen molar-refractivity contribution in [3.05, 3.63) is 47.9 Å². The second kappa shape index (κ2) is 8.57. The topological polar surface area (TPSA) is 85.2 Å². The molecule has 2 aromatic heterocycles. The predicted molar refractivity (Wildman–Crippen MR) is 110 cm³/mol. The maximum atomic E-state index is 11.2. The first-order valence-electron chi connectivity index (χ1n) is 9.92. The molecule has 152 valence electrons. The smallest absolute Gasteiger partial charge is 0.216 e. The molecule has 0 bridgehead atoms. The van der Waals surface area contributed by atoms with Crippen molar-refractivity contribution < 1.29 is 9.53 Å². The summed E-state index contributed by atoms with van der Waals surface area (Å²) >= 11 is 0. The molecule has 1 atom stereocenters. The van der Waals surface area contributed by atoms with E-state index >= 15 is 0 Å². The van der Waals surface area contributed by atoms with Crippen LogP contribution < -0.4 is 10.1 Å². The van der Waals surface area contributed by atoms with Crippen molar-refractivity contribution >= 4 is 17.1 Å². The molecule has 29 heavy (non-hydrogen) atoms. The van der Waals surface area contributed by atoms with Gasteiger partial charge in [0.15, 0.2) is 5.65 Å². The Morgan fingerprint density at radius 2 is 2.10 bits per heavy atom. The fourth-order valence-corrected chi connectivity index (χ4v) is 3.97. The number of nitrogens with zero attached hydrogens (tertiary/aromatic N) is 5. The maximum Gasteiger partial charge on any atom is 0.216 e. The highest BCUT2D eigenvalue weighted by Crippen LogP contribution is 2.32. The van der Waals surface area contributed by atoms with E-state index < -0.39 is 0 Å². The van der Waals surface area contributed by atoms with Crippen LogP contribution in [0.5, 0.6) is 5.75 Å². The van der Waals surface area contributed by atoms with E-state index in [0.29, 0.717) is 19.0 Å². The minimum Gasteiger partial charge on any atom is -0.496 e. The van der Waals surface area contributed by atoms with E-state index in [-0.39, 0.29) is 5.91 Å². The van der Waals surface area contributed by atoms with Gasteiger partial charge in [0.05, 0.1) is 19.3 Å². The molecule has 1 aliphatic heterocycles. The normalized spacial score (nSPS) is 17.0. The predicted octanol–water partition coefficient (Wildman–Crippen LogP) is 1.96. The van der Waals surface area contributed by atoms with Crippen LogP contribution in [0.15, 0.2) is 36.7 Å². The van der Waals surface area contributed by atoms with E-state index in [9.17, 15) is 4.79 Å². The number of likely N-dealkylation sites (tertiary alicyclic amines) is 1. The molecule has 1 unspecified atom stereocenters. The first-order valence-corrected chi connectivity index (χ1v) is 9.92. The number of benzene rings is 1. The van der Waals surface area contributed by atoms with Gasteiger partial charge in [-0.1, -0.05) is 18.2 Å². The van der Waals surface area contributed by atoms with Crippen molar-refractivity contribution in [1.82, 2.24) is 30.0 Å². The molecule has 4 rings (SSSR count). The van der Waals surface area contributed by atoms with E-state index in [0.717, 1.165) is 48.7 Å². The van der Waals surface area contributed by atoms with E-state index in [1.807, 2.05) is 22.9 Å². The second-order valence-electron chi connectivity index (χ2n) is 7.35. The third kappa shape index (κ3) is 4.22. The van der Waals surface area contributed by atoms with Crippen molar-refractivity contribution in [2.45, 2.75) is 32.4 Å². The molecule has 1 fully saturated rings. The number of nitrogens with one attached hydrogen (secondary N) is 1. The van der Waals surface area contributed by atoms with Gasteiger partial charge in [-0.15, -0.1) is 0 Å². The first kappa shape index (κ1) is 19.3. The summed E-state index contributed by atoms with van der Waals surface area (Å²) in [5, 5.41) is 7.65. The van der Waals surface area contributed by atoms with Crippen LogP contribution in [0, 0.1) is 0 Å². The van der Waals surface area contributed by atoms with Gasteiger partial charge in [-0.25, -0.2) is 14.6 Å². The molecule has 1 aromatic carbocycles. The standard InChI is InChI=1S/C21H26N6O2/c1-15(28)22-10-12-27-21-20(23-8-9-24-21)19(25-27)17-7-11-26(14-17)13-16-5-3-4-6-18(16)29-2/h3-6,8-9,17H,7,10-14H2,1-2H3,(H,22,28). The molecule has 1 aliphatic rings. The molecular weight excluding hydrogens is 368 g/mol. The highest BCUT2D eigenvalue weighted by molar-refractivity contribution is 5.74. The van der Waals surface area contributed by atoms with Crippen LogP contribution in [0.2, 0.25) is 0 Å². The van der Waals surface area contributed by atoms with Gasteiger partial charge in [-0.3, -0.25) is 9.69 Å². The average molecular weight is 394 g/mol. The van der Waals surface area contributed by atoms with Crippen LogP contribution in [-0.2, 0) is 17.9 Å². The van der Waals surface area contributed by atoms with Crippen molar-refractivity contribution in [2.24, 2.45) is 0 Å².